The first-order valence-corrected chi connectivity index (χ1v) is 4.52. The highest BCUT2D eigenvalue weighted by Gasteiger charge is 2.15. The van der Waals surface area contributed by atoms with Gasteiger partial charge in [0.2, 0.25) is 0 Å². The second-order valence-corrected chi connectivity index (χ2v) is 3.59. The Morgan fingerprint density at radius 1 is 1.25 bits per heavy atom. The molecule has 1 heterocycles. The van der Waals surface area contributed by atoms with E-state index in [0.29, 0.717) is 0 Å². The average molecular weight is 132 g/mol. The molecule has 0 aliphatic carbocycles. The Morgan fingerprint density at radius 2 is 2.12 bits per heavy atom. The van der Waals surface area contributed by atoms with Crippen LogP contribution in [0.2, 0.25) is 0 Å². The van der Waals surface area contributed by atoms with Crippen molar-refractivity contribution in [2.75, 3.05) is 12.7 Å². The van der Waals surface area contributed by atoms with Crippen molar-refractivity contribution < 1.29 is 4.57 Å². The quantitative estimate of drug-likeness (QED) is 0.506. The van der Waals surface area contributed by atoms with Gasteiger partial charge in [-0.15, -0.1) is 5.09 Å². The van der Waals surface area contributed by atoms with E-state index in [1.165, 1.54) is 12.8 Å². The molecule has 2 nitrogen and oxygen atoms in total. The van der Waals surface area contributed by atoms with Crippen molar-refractivity contribution in [2.45, 2.75) is 19.3 Å². The first-order chi connectivity index (χ1) is 3.89. The molecule has 0 bridgehead atoms. The Bertz CT molecular complexity index is 84.4. The fourth-order valence-electron chi connectivity index (χ4n) is 0.840. The standard InChI is InChI=1S/C5H11NOP/c7-8-5-3-1-2-4-6-8/h1-5H2,(H,6,7)/q+1. The van der Waals surface area contributed by atoms with Crippen molar-refractivity contribution in [1.29, 1.82) is 0 Å². The van der Waals surface area contributed by atoms with Crippen LogP contribution in [-0.4, -0.2) is 12.7 Å². The van der Waals surface area contributed by atoms with Crippen LogP contribution in [0, 0.1) is 0 Å². The van der Waals surface area contributed by atoms with E-state index in [1.54, 1.807) is 0 Å². The van der Waals surface area contributed by atoms with Gasteiger partial charge in [0.15, 0.2) is 6.16 Å². The van der Waals surface area contributed by atoms with E-state index in [4.69, 9.17) is 0 Å². The van der Waals surface area contributed by atoms with Gasteiger partial charge in [-0.05, 0) is 19.3 Å². The van der Waals surface area contributed by atoms with Crippen LogP contribution in [0.25, 0.3) is 0 Å². The van der Waals surface area contributed by atoms with Gasteiger partial charge in [-0.25, -0.2) is 0 Å². The number of hydrogen-bond donors (Lipinski definition) is 1. The fraction of sp³-hybridized carbons (Fsp3) is 1.00. The van der Waals surface area contributed by atoms with Gasteiger partial charge < -0.3 is 0 Å². The van der Waals surface area contributed by atoms with Crippen LogP contribution in [0.15, 0.2) is 0 Å². The normalized spacial score (nSPS) is 27.2. The first kappa shape index (κ1) is 6.18. The average Bonchev–Trinajstić information content (AvgIpc) is 1.94. The number of hydrogen-bond acceptors (Lipinski definition) is 1. The van der Waals surface area contributed by atoms with Crippen LogP contribution < -0.4 is 5.09 Å². The molecule has 0 amide bonds. The molecule has 46 valence electrons. The topological polar surface area (TPSA) is 29.1 Å². The summed E-state index contributed by atoms with van der Waals surface area (Å²) in [5.41, 5.74) is 0. The van der Waals surface area contributed by atoms with Gasteiger partial charge in [0.25, 0.3) is 0 Å². The third kappa shape index (κ3) is 1.89. The first-order valence-electron chi connectivity index (χ1n) is 3.08. The van der Waals surface area contributed by atoms with E-state index in [2.05, 4.69) is 5.09 Å². The highest BCUT2D eigenvalue weighted by molar-refractivity contribution is 7.42. The van der Waals surface area contributed by atoms with Crippen molar-refractivity contribution in [3.05, 3.63) is 0 Å². The maximum absolute atomic E-state index is 10.7. The lowest BCUT2D eigenvalue weighted by Crippen LogP contribution is -2.01. The van der Waals surface area contributed by atoms with E-state index < -0.39 is 7.95 Å². The van der Waals surface area contributed by atoms with Crippen LogP contribution >= 0.6 is 7.95 Å². The minimum absolute atomic E-state index is 0.884. The van der Waals surface area contributed by atoms with Gasteiger partial charge >= 0.3 is 7.95 Å². The van der Waals surface area contributed by atoms with Crippen molar-refractivity contribution in [1.82, 2.24) is 5.09 Å². The van der Waals surface area contributed by atoms with Crippen molar-refractivity contribution in [3.8, 4) is 0 Å². The number of nitrogens with one attached hydrogen (secondary N) is 1. The van der Waals surface area contributed by atoms with Gasteiger partial charge in [-0.2, -0.15) is 0 Å². The molecule has 0 radical (unpaired) electrons. The lowest BCUT2D eigenvalue weighted by Gasteiger charge is -1.82. The van der Waals surface area contributed by atoms with E-state index in [9.17, 15) is 4.57 Å². The van der Waals surface area contributed by atoms with Crippen LogP contribution in [0.3, 0.4) is 0 Å². The highest BCUT2D eigenvalue weighted by atomic mass is 31.1. The van der Waals surface area contributed by atoms with Gasteiger partial charge in [0, 0.05) is 6.54 Å². The minimum atomic E-state index is -1.02. The minimum Gasteiger partial charge on any atom is -0.109 e. The van der Waals surface area contributed by atoms with E-state index >= 15 is 0 Å². The molecule has 3 heteroatoms. The summed E-state index contributed by atoms with van der Waals surface area (Å²) in [5.74, 6) is 0. The summed E-state index contributed by atoms with van der Waals surface area (Å²) in [4.78, 5) is 0. The molecule has 0 aromatic rings. The molecule has 0 spiro atoms. The Kier molecular flexibility index (Phi) is 2.44. The second-order valence-electron chi connectivity index (χ2n) is 2.07. The van der Waals surface area contributed by atoms with Gasteiger partial charge in [-0.3, -0.25) is 0 Å². The molecule has 1 fully saturated rings. The summed E-state index contributed by atoms with van der Waals surface area (Å²) in [6, 6.07) is 0. The van der Waals surface area contributed by atoms with E-state index in [0.717, 1.165) is 19.1 Å². The SMILES string of the molecule is O=[P+]1CCCCCN1. The second kappa shape index (κ2) is 3.16. The molecule has 1 saturated heterocycles. The molecule has 0 aromatic carbocycles. The third-order valence-electron chi connectivity index (χ3n) is 1.33. The Labute approximate surface area is 50.5 Å². The fourth-order valence-corrected chi connectivity index (χ4v) is 1.92. The lowest BCUT2D eigenvalue weighted by atomic mass is 10.3. The predicted octanol–water partition coefficient (Wildman–Crippen LogP) is 1.50. The summed E-state index contributed by atoms with van der Waals surface area (Å²) in [5, 5.41) is 2.95. The Hall–Kier alpha value is 0.0600. The molecule has 1 rings (SSSR count). The zero-order valence-corrected chi connectivity index (χ0v) is 5.79. The Balaban J connectivity index is 2.27. The maximum Gasteiger partial charge on any atom is 0.432 e. The zero-order valence-electron chi connectivity index (χ0n) is 4.89. The van der Waals surface area contributed by atoms with Crippen LogP contribution in [0.5, 0.6) is 0 Å². The van der Waals surface area contributed by atoms with Crippen molar-refractivity contribution in [2.24, 2.45) is 0 Å². The summed E-state index contributed by atoms with van der Waals surface area (Å²) in [6.45, 7) is 0.954. The predicted molar refractivity (Wildman–Crippen MR) is 34.3 cm³/mol. The molecule has 0 aromatic heterocycles. The van der Waals surface area contributed by atoms with E-state index in [-0.39, 0.29) is 0 Å². The van der Waals surface area contributed by atoms with Crippen LogP contribution in [0.4, 0.5) is 0 Å². The highest BCUT2D eigenvalue weighted by Crippen LogP contribution is 2.19. The molecule has 8 heavy (non-hydrogen) atoms. The molecule has 1 unspecified atom stereocenters. The molecule has 1 aliphatic rings. The summed E-state index contributed by atoms with van der Waals surface area (Å²) >= 11 is 0. The van der Waals surface area contributed by atoms with Gasteiger partial charge in [0.05, 0.1) is 0 Å². The molecular weight excluding hydrogens is 121 g/mol. The third-order valence-corrected chi connectivity index (χ3v) is 2.62. The molecule has 1 N–H and O–H groups in total. The summed E-state index contributed by atoms with van der Waals surface area (Å²) < 4.78 is 10.7. The zero-order chi connectivity index (χ0) is 5.82. The number of rotatable bonds is 0. The maximum atomic E-state index is 10.7. The largest absolute Gasteiger partial charge is 0.432 e. The van der Waals surface area contributed by atoms with Gasteiger partial charge in [-0.1, -0.05) is 4.57 Å². The molecule has 0 saturated carbocycles. The molecule has 1 aliphatic heterocycles. The van der Waals surface area contributed by atoms with Crippen molar-refractivity contribution in [3.63, 3.8) is 0 Å². The van der Waals surface area contributed by atoms with Crippen LogP contribution in [-0.2, 0) is 4.57 Å². The molecular formula is C5H11NOP+. The van der Waals surface area contributed by atoms with Gasteiger partial charge in [0.1, 0.15) is 0 Å². The smallest absolute Gasteiger partial charge is 0.109 e. The monoisotopic (exact) mass is 132 g/mol. The Morgan fingerprint density at radius 3 is 3.00 bits per heavy atom. The van der Waals surface area contributed by atoms with E-state index in [1.807, 2.05) is 0 Å². The van der Waals surface area contributed by atoms with Crippen LogP contribution in [0.1, 0.15) is 19.3 Å². The molecule has 1 atom stereocenters. The lowest BCUT2D eigenvalue weighted by molar-refractivity contribution is 0.581. The van der Waals surface area contributed by atoms with Crippen molar-refractivity contribution >= 4 is 7.95 Å². The summed E-state index contributed by atoms with van der Waals surface area (Å²) in [6.07, 6.45) is 4.46. The summed E-state index contributed by atoms with van der Waals surface area (Å²) in [7, 11) is -1.02.